The molecule has 3 N–H and O–H groups in total. The van der Waals surface area contributed by atoms with Crippen LogP contribution in [0.5, 0.6) is 0 Å². The van der Waals surface area contributed by atoms with Crippen molar-refractivity contribution in [1.82, 2.24) is 10.9 Å². The van der Waals surface area contributed by atoms with E-state index in [-0.39, 0.29) is 5.91 Å². The first-order chi connectivity index (χ1) is 12.4. The van der Waals surface area contributed by atoms with Crippen molar-refractivity contribution in [3.8, 4) is 0 Å². The van der Waals surface area contributed by atoms with Gasteiger partial charge in [-0.3, -0.25) is 15.6 Å². The van der Waals surface area contributed by atoms with Gasteiger partial charge in [0.1, 0.15) is 0 Å². The summed E-state index contributed by atoms with van der Waals surface area (Å²) in [6.45, 7) is 6.37. The van der Waals surface area contributed by atoms with Gasteiger partial charge in [-0.1, -0.05) is 55.8 Å². The maximum absolute atomic E-state index is 11.9. The van der Waals surface area contributed by atoms with E-state index in [1.807, 2.05) is 12.1 Å². The zero-order valence-electron chi connectivity index (χ0n) is 15.3. The number of nitrogens with one attached hydrogen (secondary N) is 3. The first-order valence-corrected chi connectivity index (χ1v) is 10.1. The lowest BCUT2D eigenvalue weighted by molar-refractivity contribution is -0.119. The molecule has 1 amide bonds. The van der Waals surface area contributed by atoms with Crippen LogP contribution in [-0.2, 0) is 10.5 Å². The van der Waals surface area contributed by atoms with E-state index < -0.39 is 0 Å². The van der Waals surface area contributed by atoms with E-state index in [1.165, 1.54) is 16.7 Å². The minimum Gasteiger partial charge on any atom is -0.331 e. The van der Waals surface area contributed by atoms with Gasteiger partial charge in [0.2, 0.25) is 5.91 Å². The van der Waals surface area contributed by atoms with Crippen LogP contribution in [0.1, 0.15) is 36.5 Å². The lowest BCUT2D eigenvalue weighted by atomic mass is 10.0. The molecule has 0 unspecified atom stereocenters. The van der Waals surface area contributed by atoms with Gasteiger partial charge in [0.25, 0.3) is 0 Å². The zero-order chi connectivity index (χ0) is 18.9. The number of hydrazine groups is 1. The Morgan fingerprint density at radius 1 is 1.04 bits per heavy atom. The minimum absolute atomic E-state index is 0.110. The summed E-state index contributed by atoms with van der Waals surface area (Å²) in [6, 6.07) is 16.4. The number of benzene rings is 2. The second-order valence-corrected chi connectivity index (χ2v) is 7.78. The number of carbonyl (C=O) groups excluding carboxylic acids is 1. The third kappa shape index (κ3) is 7.06. The first kappa shape index (κ1) is 20.3. The van der Waals surface area contributed by atoms with Gasteiger partial charge in [-0.15, -0.1) is 11.8 Å². The highest BCUT2D eigenvalue weighted by Crippen LogP contribution is 2.17. The van der Waals surface area contributed by atoms with Gasteiger partial charge in [0, 0.05) is 11.4 Å². The van der Waals surface area contributed by atoms with E-state index in [9.17, 15) is 4.79 Å². The normalized spacial score (nSPS) is 10.5. The third-order valence-corrected chi connectivity index (χ3v) is 4.98. The molecule has 0 aromatic heterocycles. The molecule has 4 nitrogen and oxygen atoms in total. The van der Waals surface area contributed by atoms with Gasteiger partial charge in [-0.2, -0.15) is 0 Å². The fourth-order valence-corrected chi connectivity index (χ4v) is 3.18. The number of thiocarbonyl (C=S) groups is 1. The van der Waals surface area contributed by atoms with E-state index in [2.05, 4.69) is 73.3 Å². The van der Waals surface area contributed by atoms with Crippen LogP contribution in [0.3, 0.4) is 0 Å². The fraction of sp³-hybridized carbons (Fsp3) is 0.300. The van der Waals surface area contributed by atoms with Crippen LogP contribution in [-0.4, -0.2) is 16.8 Å². The van der Waals surface area contributed by atoms with Crippen LogP contribution in [0.4, 0.5) is 5.69 Å². The predicted molar refractivity (Wildman–Crippen MR) is 115 cm³/mol. The van der Waals surface area contributed by atoms with Gasteiger partial charge in [-0.05, 0) is 48.3 Å². The lowest BCUT2D eigenvalue weighted by Crippen LogP contribution is -2.44. The van der Waals surface area contributed by atoms with Crippen LogP contribution in [0.2, 0.25) is 0 Å². The lowest BCUT2D eigenvalue weighted by Gasteiger charge is -2.12. The number of anilines is 1. The highest BCUT2D eigenvalue weighted by Gasteiger charge is 2.04. The molecule has 0 spiro atoms. The minimum atomic E-state index is -0.110. The number of hydrogen-bond acceptors (Lipinski definition) is 3. The zero-order valence-corrected chi connectivity index (χ0v) is 17.0. The second-order valence-electron chi connectivity index (χ2n) is 6.38. The molecule has 6 heteroatoms. The molecule has 0 atom stereocenters. The Hall–Kier alpha value is -2.05. The van der Waals surface area contributed by atoms with Gasteiger partial charge in [-0.25, -0.2) is 0 Å². The van der Waals surface area contributed by atoms with E-state index in [0.29, 0.717) is 16.8 Å². The third-order valence-electron chi connectivity index (χ3n) is 3.77. The van der Waals surface area contributed by atoms with Crippen molar-refractivity contribution >= 4 is 40.7 Å². The van der Waals surface area contributed by atoms with Crippen LogP contribution in [0.15, 0.2) is 48.5 Å². The van der Waals surface area contributed by atoms with E-state index >= 15 is 0 Å². The van der Waals surface area contributed by atoms with Gasteiger partial charge < -0.3 is 5.32 Å². The molecule has 0 aliphatic heterocycles. The summed E-state index contributed by atoms with van der Waals surface area (Å²) >= 11 is 6.76. The summed E-state index contributed by atoms with van der Waals surface area (Å²) in [5.74, 6) is 1.55. The van der Waals surface area contributed by atoms with Crippen LogP contribution >= 0.6 is 24.0 Å². The molecule has 0 heterocycles. The van der Waals surface area contributed by atoms with Crippen LogP contribution < -0.4 is 16.2 Å². The molecule has 0 bridgehead atoms. The van der Waals surface area contributed by atoms with E-state index in [1.54, 1.807) is 11.8 Å². The fourth-order valence-electron chi connectivity index (χ4n) is 2.22. The quantitative estimate of drug-likeness (QED) is 0.508. The van der Waals surface area contributed by atoms with Gasteiger partial charge >= 0.3 is 0 Å². The molecule has 0 saturated heterocycles. The molecular formula is C20H25N3OS2. The average Bonchev–Trinajstić information content (AvgIpc) is 2.62. The number of thioether (sulfide) groups is 1. The summed E-state index contributed by atoms with van der Waals surface area (Å²) in [5, 5.41) is 3.41. The number of carbonyl (C=O) groups is 1. The standard InChI is InChI=1S/C20H25N3OS2/c1-14(2)17-8-10-18(11-9-17)21-20(25)23-22-19(24)13-26-12-16-6-4-15(3)5-7-16/h4-11,14H,12-13H2,1-3H3,(H,22,24)(H2,21,23,25). The Morgan fingerprint density at radius 3 is 2.31 bits per heavy atom. The molecule has 26 heavy (non-hydrogen) atoms. The molecule has 2 aromatic rings. The van der Waals surface area contributed by atoms with Crippen molar-refractivity contribution in [3.63, 3.8) is 0 Å². The highest BCUT2D eigenvalue weighted by molar-refractivity contribution is 7.99. The Balaban J connectivity index is 1.66. The van der Waals surface area contributed by atoms with Crippen LogP contribution in [0.25, 0.3) is 0 Å². The van der Waals surface area contributed by atoms with Crippen molar-refractivity contribution < 1.29 is 4.79 Å². The van der Waals surface area contributed by atoms with E-state index in [4.69, 9.17) is 12.2 Å². The average molecular weight is 388 g/mol. The molecule has 2 aromatic carbocycles. The maximum atomic E-state index is 11.9. The summed E-state index contributed by atoms with van der Waals surface area (Å²) in [5.41, 5.74) is 9.95. The molecule has 0 aliphatic carbocycles. The number of aryl methyl sites for hydroxylation is 1. The summed E-state index contributed by atoms with van der Waals surface area (Å²) in [4.78, 5) is 11.9. The predicted octanol–water partition coefficient (Wildman–Crippen LogP) is 4.37. The summed E-state index contributed by atoms with van der Waals surface area (Å²) < 4.78 is 0. The Morgan fingerprint density at radius 2 is 1.69 bits per heavy atom. The smallest absolute Gasteiger partial charge is 0.248 e. The van der Waals surface area contributed by atoms with Crippen LogP contribution in [0, 0.1) is 6.92 Å². The SMILES string of the molecule is Cc1ccc(CSCC(=O)NNC(=S)Nc2ccc(C(C)C)cc2)cc1. The molecule has 0 aliphatic rings. The van der Waals surface area contributed by atoms with Gasteiger partial charge in [0.15, 0.2) is 5.11 Å². The maximum Gasteiger partial charge on any atom is 0.248 e. The molecule has 0 fully saturated rings. The molecule has 138 valence electrons. The van der Waals surface area contributed by atoms with Crippen molar-refractivity contribution in [2.45, 2.75) is 32.4 Å². The number of amides is 1. The monoisotopic (exact) mass is 387 g/mol. The van der Waals surface area contributed by atoms with Crippen molar-refractivity contribution in [3.05, 3.63) is 65.2 Å². The van der Waals surface area contributed by atoms with Crippen molar-refractivity contribution in [1.29, 1.82) is 0 Å². The van der Waals surface area contributed by atoms with Crippen molar-refractivity contribution in [2.24, 2.45) is 0 Å². The topological polar surface area (TPSA) is 53.2 Å². The Labute approximate surface area is 165 Å². The Kier molecular flexibility index (Phi) is 7.94. The Bertz CT molecular complexity index is 728. The molecular weight excluding hydrogens is 362 g/mol. The highest BCUT2D eigenvalue weighted by atomic mass is 32.2. The van der Waals surface area contributed by atoms with E-state index in [0.717, 1.165) is 11.4 Å². The largest absolute Gasteiger partial charge is 0.331 e. The molecule has 0 saturated carbocycles. The molecule has 0 radical (unpaired) electrons. The van der Waals surface area contributed by atoms with Crippen molar-refractivity contribution in [2.75, 3.05) is 11.1 Å². The summed E-state index contributed by atoms with van der Waals surface area (Å²) in [6.07, 6.45) is 0. The number of rotatable bonds is 6. The molecule has 2 rings (SSSR count). The second kappa shape index (κ2) is 10.2. The first-order valence-electron chi connectivity index (χ1n) is 8.53. The summed E-state index contributed by atoms with van der Waals surface area (Å²) in [7, 11) is 0. The number of hydrogen-bond donors (Lipinski definition) is 3. The van der Waals surface area contributed by atoms with Gasteiger partial charge in [0.05, 0.1) is 5.75 Å².